The molecule has 6 nitrogen and oxygen atoms in total. The number of hydrogen-bond acceptors (Lipinski definition) is 4. The molecule has 144 valence electrons. The van der Waals surface area contributed by atoms with Crippen LogP contribution in [0.1, 0.15) is 34.8 Å². The smallest absolute Gasteiger partial charge is 0.293 e. The molecule has 2 heterocycles. The number of nitrogens with two attached hydrogens (primary N) is 1. The summed E-state index contributed by atoms with van der Waals surface area (Å²) in [6, 6.07) is 16.1. The maximum Gasteiger partial charge on any atom is 0.293 e. The highest BCUT2D eigenvalue weighted by molar-refractivity contribution is 5.90. The van der Waals surface area contributed by atoms with Gasteiger partial charge >= 0.3 is 0 Å². The molecule has 1 saturated heterocycles. The Balaban J connectivity index is 1.60. The van der Waals surface area contributed by atoms with Gasteiger partial charge in [-0.1, -0.05) is 49.4 Å². The summed E-state index contributed by atoms with van der Waals surface area (Å²) >= 11 is 0. The number of nitrogens with zero attached hydrogens (tertiary/aromatic N) is 4. The lowest BCUT2D eigenvalue weighted by Crippen LogP contribution is -2.32. The Morgan fingerprint density at radius 2 is 1.86 bits per heavy atom. The molecule has 0 aliphatic carbocycles. The van der Waals surface area contributed by atoms with Gasteiger partial charge in [-0.25, -0.2) is 14.1 Å². The number of aryl methyl sites for hydroxylation is 1. The van der Waals surface area contributed by atoms with Crippen molar-refractivity contribution in [3.8, 4) is 5.69 Å². The summed E-state index contributed by atoms with van der Waals surface area (Å²) in [6.45, 7) is 2.85. The molecule has 0 unspecified atom stereocenters. The van der Waals surface area contributed by atoms with Gasteiger partial charge in [-0.3, -0.25) is 4.79 Å². The number of para-hydroxylation sites is 1. The Morgan fingerprint density at radius 1 is 1.14 bits per heavy atom. The second-order valence-electron chi connectivity index (χ2n) is 6.96. The zero-order valence-corrected chi connectivity index (χ0v) is 15.6. The van der Waals surface area contributed by atoms with Crippen LogP contribution in [0.25, 0.3) is 5.69 Å². The quantitative estimate of drug-likeness (QED) is 0.756. The molecule has 0 saturated carbocycles. The Hall–Kier alpha value is -3.06. The lowest BCUT2D eigenvalue weighted by Gasteiger charge is -2.14. The molecule has 0 bridgehead atoms. The monoisotopic (exact) mass is 379 g/mol. The van der Waals surface area contributed by atoms with Gasteiger partial charge in [0, 0.05) is 31.5 Å². The summed E-state index contributed by atoms with van der Waals surface area (Å²) < 4.78 is 15.6. The maximum atomic E-state index is 14.2. The minimum absolute atomic E-state index is 0.0704. The molecular weight excluding hydrogens is 357 g/mol. The number of benzene rings is 2. The van der Waals surface area contributed by atoms with Crippen LogP contribution in [0.4, 0.5) is 4.39 Å². The van der Waals surface area contributed by atoms with E-state index in [9.17, 15) is 9.18 Å². The van der Waals surface area contributed by atoms with Gasteiger partial charge < -0.3 is 10.6 Å². The summed E-state index contributed by atoms with van der Waals surface area (Å²) in [5, 5.41) is 4.31. The SMILES string of the molecule is CCc1nc(C(=O)N2C[C@@H](N)[C@H](c3ccccc3)C2)nn1-c1ccccc1F. The fourth-order valence-corrected chi connectivity index (χ4v) is 3.67. The Bertz CT molecular complexity index is 987. The molecule has 1 amide bonds. The van der Waals surface area contributed by atoms with Crippen LogP contribution in [0.15, 0.2) is 54.6 Å². The molecular formula is C21H22FN5O. The molecule has 0 spiro atoms. The summed E-state index contributed by atoms with van der Waals surface area (Å²) in [6.07, 6.45) is 0.529. The third-order valence-electron chi connectivity index (χ3n) is 5.14. The van der Waals surface area contributed by atoms with E-state index in [4.69, 9.17) is 5.73 Å². The highest BCUT2D eigenvalue weighted by Crippen LogP contribution is 2.27. The fraction of sp³-hybridized carbons (Fsp3) is 0.286. The predicted molar refractivity (Wildman–Crippen MR) is 104 cm³/mol. The van der Waals surface area contributed by atoms with Crippen molar-refractivity contribution in [2.45, 2.75) is 25.3 Å². The summed E-state index contributed by atoms with van der Waals surface area (Å²) in [4.78, 5) is 19.1. The van der Waals surface area contributed by atoms with Gasteiger partial charge in [0.05, 0.1) is 0 Å². The molecule has 1 fully saturated rings. The lowest BCUT2D eigenvalue weighted by molar-refractivity contribution is 0.0777. The highest BCUT2D eigenvalue weighted by Gasteiger charge is 2.35. The molecule has 1 aliphatic rings. The zero-order valence-electron chi connectivity index (χ0n) is 15.6. The lowest BCUT2D eigenvalue weighted by atomic mass is 9.95. The topological polar surface area (TPSA) is 77.0 Å². The van der Waals surface area contributed by atoms with E-state index in [0.717, 1.165) is 5.56 Å². The van der Waals surface area contributed by atoms with Gasteiger partial charge in [0.25, 0.3) is 5.91 Å². The van der Waals surface area contributed by atoms with E-state index in [2.05, 4.69) is 10.1 Å². The first-order valence-electron chi connectivity index (χ1n) is 9.39. The van der Waals surface area contributed by atoms with Gasteiger partial charge in [-0.15, -0.1) is 5.10 Å². The highest BCUT2D eigenvalue weighted by atomic mass is 19.1. The van der Waals surface area contributed by atoms with E-state index in [-0.39, 0.29) is 29.4 Å². The fourth-order valence-electron chi connectivity index (χ4n) is 3.67. The molecule has 1 aromatic heterocycles. The number of aromatic nitrogens is 3. The summed E-state index contributed by atoms with van der Waals surface area (Å²) in [7, 11) is 0. The van der Waals surface area contributed by atoms with Crippen molar-refractivity contribution < 1.29 is 9.18 Å². The molecule has 0 radical (unpaired) electrons. The molecule has 2 atom stereocenters. The predicted octanol–water partition coefficient (Wildman–Crippen LogP) is 2.54. The number of rotatable bonds is 4. The van der Waals surface area contributed by atoms with Crippen molar-refractivity contribution >= 4 is 5.91 Å². The standard InChI is InChI=1S/C21H22FN5O/c1-2-19-24-20(25-27(19)18-11-7-6-10-16(18)22)21(28)26-12-15(17(23)13-26)14-8-4-3-5-9-14/h3-11,15,17H,2,12-13,23H2,1H3/t15-,17+/m0/s1. The summed E-state index contributed by atoms with van der Waals surface area (Å²) in [5.74, 6) is -0.00544. The molecule has 4 rings (SSSR count). The Labute approximate surface area is 162 Å². The maximum absolute atomic E-state index is 14.2. The molecule has 1 aliphatic heterocycles. The number of carbonyl (C=O) groups excluding carboxylic acids is 1. The van der Waals surface area contributed by atoms with Gasteiger partial charge in [0.15, 0.2) is 0 Å². The van der Waals surface area contributed by atoms with Crippen LogP contribution in [0.2, 0.25) is 0 Å². The largest absolute Gasteiger partial charge is 0.334 e. The van der Waals surface area contributed by atoms with E-state index in [1.165, 1.54) is 10.7 Å². The number of amides is 1. The van der Waals surface area contributed by atoms with Crippen LogP contribution in [0.5, 0.6) is 0 Å². The Kier molecular flexibility index (Phi) is 4.92. The number of carbonyl (C=O) groups is 1. The summed E-state index contributed by atoms with van der Waals surface area (Å²) in [5.41, 5.74) is 7.70. The van der Waals surface area contributed by atoms with Crippen molar-refractivity contribution in [3.63, 3.8) is 0 Å². The third-order valence-corrected chi connectivity index (χ3v) is 5.14. The first kappa shape index (κ1) is 18.3. The van der Waals surface area contributed by atoms with E-state index in [1.807, 2.05) is 37.3 Å². The van der Waals surface area contributed by atoms with Gasteiger partial charge in [-0.05, 0) is 17.7 Å². The zero-order chi connectivity index (χ0) is 19.7. The van der Waals surface area contributed by atoms with Crippen molar-refractivity contribution in [1.29, 1.82) is 0 Å². The molecule has 28 heavy (non-hydrogen) atoms. The molecule has 2 N–H and O–H groups in total. The van der Waals surface area contributed by atoms with E-state index in [0.29, 0.717) is 25.3 Å². The first-order valence-corrected chi connectivity index (χ1v) is 9.39. The van der Waals surface area contributed by atoms with Gasteiger partial charge in [0.2, 0.25) is 5.82 Å². The number of halogens is 1. The van der Waals surface area contributed by atoms with Crippen LogP contribution in [-0.2, 0) is 6.42 Å². The van der Waals surface area contributed by atoms with Crippen LogP contribution in [-0.4, -0.2) is 44.7 Å². The second kappa shape index (κ2) is 7.52. The first-order chi connectivity index (χ1) is 13.6. The van der Waals surface area contributed by atoms with Crippen molar-refractivity contribution in [3.05, 3.63) is 77.6 Å². The van der Waals surface area contributed by atoms with Crippen LogP contribution < -0.4 is 5.73 Å². The van der Waals surface area contributed by atoms with Gasteiger partial charge in [0.1, 0.15) is 17.3 Å². The van der Waals surface area contributed by atoms with Crippen LogP contribution in [0, 0.1) is 5.82 Å². The number of hydrogen-bond donors (Lipinski definition) is 1. The third kappa shape index (κ3) is 3.29. The van der Waals surface area contributed by atoms with Crippen LogP contribution >= 0.6 is 0 Å². The average molecular weight is 379 g/mol. The molecule has 2 aromatic carbocycles. The molecule has 7 heteroatoms. The van der Waals surface area contributed by atoms with Gasteiger partial charge in [-0.2, -0.15) is 0 Å². The van der Waals surface area contributed by atoms with E-state index in [1.54, 1.807) is 23.1 Å². The minimum Gasteiger partial charge on any atom is -0.334 e. The normalized spacial score (nSPS) is 19.2. The molecule has 3 aromatic rings. The number of likely N-dealkylation sites (tertiary alicyclic amines) is 1. The van der Waals surface area contributed by atoms with Crippen molar-refractivity contribution in [1.82, 2.24) is 19.7 Å². The van der Waals surface area contributed by atoms with E-state index >= 15 is 0 Å². The Morgan fingerprint density at radius 3 is 2.57 bits per heavy atom. The minimum atomic E-state index is -0.409. The second-order valence-corrected chi connectivity index (χ2v) is 6.96. The average Bonchev–Trinajstić information content (AvgIpc) is 3.32. The van der Waals surface area contributed by atoms with Crippen LogP contribution in [0.3, 0.4) is 0 Å². The van der Waals surface area contributed by atoms with Crippen molar-refractivity contribution in [2.24, 2.45) is 5.73 Å². The van der Waals surface area contributed by atoms with Crippen molar-refractivity contribution in [2.75, 3.05) is 13.1 Å². The van der Waals surface area contributed by atoms with E-state index < -0.39 is 5.82 Å².